The number of hydrogen-bond acceptors (Lipinski definition) is 1. The molecular formula is C4H2BrIMgS. The molecule has 1 rings (SSSR count). The van der Waals surface area contributed by atoms with Crippen molar-refractivity contribution in [2.45, 2.75) is 0 Å². The second kappa shape index (κ2) is 6.79. The Balaban J connectivity index is 0. The summed E-state index contributed by atoms with van der Waals surface area (Å²) in [7, 11) is 0. The summed E-state index contributed by atoms with van der Waals surface area (Å²) in [4.78, 5) is 0. The molecule has 4 heteroatoms. The molecule has 0 fully saturated rings. The van der Waals surface area contributed by atoms with E-state index in [9.17, 15) is 0 Å². The molecule has 0 aromatic carbocycles. The molecule has 0 aliphatic heterocycles. The van der Waals surface area contributed by atoms with Crippen molar-refractivity contribution in [2.75, 3.05) is 0 Å². The van der Waals surface area contributed by atoms with Gasteiger partial charge in [0.15, 0.2) is 0 Å². The Morgan fingerprint density at radius 2 is 2.25 bits per heavy atom. The van der Waals surface area contributed by atoms with E-state index in [0.717, 1.165) is 3.79 Å². The molecule has 1 aromatic rings. The van der Waals surface area contributed by atoms with Crippen LogP contribution in [0.5, 0.6) is 0 Å². The Morgan fingerprint density at radius 1 is 1.62 bits per heavy atom. The van der Waals surface area contributed by atoms with Gasteiger partial charge in [-0.05, 0) is 0 Å². The zero-order valence-electron chi connectivity index (χ0n) is 4.03. The minimum atomic E-state index is 0. The Bertz CT molecular complexity index is 120. The van der Waals surface area contributed by atoms with Gasteiger partial charge in [-0.1, -0.05) is 3.79 Å². The fourth-order valence-corrected chi connectivity index (χ4v) is 1.02. The molecule has 0 radical (unpaired) electrons. The van der Waals surface area contributed by atoms with Gasteiger partial charge in [-0.25, -0.2) is 0 Å². The van der Waals surface area contributed by atoms with E-state index < -0.39 is 0 Å². The van der Waals surface area contributed by atoms with Crippen molar-refractivity contribution < 1.29 is 24.0 Å². The van der Waals surface area contributed by atoms with Gasteiger partial charge in [0.1, 0.15) is 0 Å². The van der Waals surface area contributed by atoms with Crippen LogP contribution in [0.15, 0.2) is 15.9 Å². The van der Waals surface area contributed by atoms with E-state index in [-0.39, 0.29) is 47.0 Å². The van der Waals surface area contributed by atoms with Crippen molar-refractivity contribution in [3.8, 4) is 0 Å². The molecular weight excluding hydrogens is 311 g/mol. The van der Waals surface area contributed by atoms with E-state index in [4.69, 9.17) is 0 Å². The predicted octanol–water partition coefficient (Wildman–Crippen LogP) is -1.07. The van der Waals surface area contributed by atoms with E-state index in [1.54, 1.807) is 11.3 Å². The van der Waals surface area contributed by atoms with Crippen molar-refractivity contribution in [1.29, 1.82) is 0 Å². The van der Waals surface area contributed by atoms with Crippen molar-refractivity contribution in [3.05, 3.63) is 21.3 Å². The van der Waals surface area contributed by atoms with Gasteiger partial charge in [0.2, 0.25) is 0 Å². The molecule has 1 aromatic heterocycles. The van der Waals surface area contributed by atoms with E-state index in [1.807, 2.05) is 12.1 Å². The average molecular weight is 313 g/mol. The molecule has 0 nitrogen and oxygen atoms in total. The topological polar surface area (TPSA) is 0 Å². The van der Waals surface area contributed by atoms with Crippen molar-refractivity contribution in [1.82, 2.24) is 0 Å². The Labute approximate surface area is 94.4 Å². The maximum absolute atomic E-state index is 3.27. The summed E-state index contributed by atoms with van der Waals surface area (Å²) in [6, 6.07) is 3.85. The van der Waals surface area contributed by atoms with Crippen molar-refractivity contribution >= 4 is 50.3 Å². The monoisotopic (exact) mass is 312 g/mol. The molecule has 0 unspecified atom stereocenters. The maximum atomic E-state index is 3.27. The van der Waals surface area contributed by atoms with Gasteiger partial charge in [0.25, 0.3) is 0 Å². The number of rotatable bonds is 0. The second-order valence-corrected chi connectivity index (χ2v) is 3.12. The second-order valence-electron chi connectivity index (χ2n) is 0.857. The SMILES string of the molecule is Brc1cc[c-]s1.[I-].[Mg+2]. The molecule has 0 spiro atoms. The van der Waals surface area contributed by atoms with Crippen LogP contribution in [0.2, 0.25) is 0 Å². The third kappa shape index (κ3) is 4.55. The van der Waals surface area contributed by atoms with Crippen LogP contribution in [-0.2, 0) is 0 Å². The summed E-state index contributed by atoms with van der Waals surface area (Å²) in [5.41, 5.74) is 0. The summed E-state index contributed by atoms with van der Waals surface area (Å²) in [5, 5.41) is 2.92. The fraction of sp³-hybridized carbons (Fsp3) is 0. The molecule has 0 bridgehead atoms. The van der Waals surface area contributed by atoms with Gasteiger partial charge in [0, 0.05) is 0 Å². The van der Waals surface area contributed by atoms with Crippen LogP contribution >= 0.6 is 27.3 Å². The molecule has 40 valence electrons. The first-order chi connectivity index (χ1) is 2.89. The van der Waals surface area contributed by atoms with Gasteiger partial charge < -0.3 is 24.0 Å². The molecule has 0 N–H and O–H groups in total. The first-order valence-corrected chi connectivity index (χ1v) is 3.12. The average Bonchev–Trinajstić information content (AvgIpc) is 1.86. The van der Waals surface area contributed by atoms with Crippen molar-refractivity contribution in [3.63, 3.8) is 0 Å². The van der Waals surface area contributed by atoms with E-state index in [0.29, 0.717) is 0 Å². The molecule has 8 heavy (non-hydrogen) atoms. The zero-order chi connectivity index (χ0) is 4.41. The maximum Gasteiger partial charge on any atom is 2.00 e. The Kier molecular flexibility index (Phi) is 10.5. The van der Waals surface area contributed by atoms with E-state index >= 15 is 0 Å². The molecule has 0 atom stereocenters. The van der Waals surface area contributed by atoms with Crippen LogP contribution in [0.3, 0.4) is 0 Å². The Hall–Kier alpha value is 1.68. The van der Waals surface area contributed by atoms with Crippen molar-refractivity contribution in [2.24, 2.45) is 0 Å². The van der Waals surface area contributed by atoms with Crippen LogP contribution in [-0.4, -0.2) is 23.1 Å². The molecule has 0 aliphatic carbocycles. The zero-order valence-corrected chi connectivity index (χ0v) is 10.0. The van der Waals surface area contributed by atoms with Gasteiger partial charge >= 0.3 is 23.1 Å². The fourth-order valence-electron chi connectivity index (χ4n) is 0.224. The van der Waals surface area contributed by atoms with Crippen LogP contribution in [0.4, 0.5) is 0 Å². The quantitative estimate of drug-likeness (QED) is 0.325. The van der Waals surface area contributed by atoms with Crippen LogP contribution < -0.4 is 24.0 Å². The molecule has 0 saturated heterocycles. The number of hydrogen-bond donors (Lipinski definition) is 0. The molecule has 0 aliphatic rings. The summed E-state index contributed by atoms with van der Waals surface area (Å²) < 4.78 is 1.14. The molecule has 1 heterocycles. The third-order valence-electron chi connectivity index (χ3n) is 0.439. The van der Waals surface area contributed by atoms with Gasteiger partial charge in [-0.2, -0.15) is 12.1 Å². The molecule has 0 saturated carbocycles. The van der Waals surface area contributed by atoms with Gasteiger partial charge in [-0.15, -0.1) is 21.3 Å². The first-order valence-electron chi connectivity index (χ1n) is 1.51. The van der Waals surface area contributed by atoms with E-state index in [2.05, 4.69) is 21.3 Å². The summed E-state index contributed by atoms with van der Waals surface area (Å²) in [6.07, 6.45) is 0. The summed E-state index contributed by atoms with van der Waals surface area (Å²) in [6.45, 7) is 0. The summed E-state index contributed by atoms with van der Waals surface area (Å²) in [5.74, 6) is 0. The van der Waals surface area contributed by atoms with Crippen LogP contribution in [0.25, 0.3) is 0 Å². The van der Waals surface area contributed by atoms with Crippen LogP contribution in [0, 0.1) is 5.38 Å². The number of thiophene rings is 1. The minimum absolute atomic E-state index is 0. The first kappa shape index (κ1) is 12.4. The smallest absolute Gasteiger partial charge is 1.00 e. The van der Waals surface area contributed by atoms with Gasteiger partial charge in [-0.3, -0.25) is 11.3 Å². The van der Waals surface area contributed by atoms with E-state index in [1.165, 1.54) is 0 Å². The normalized spacial score (nSPS) is 6.62. The Morgan fingerprint density at radius 3 is 2.38 bits per heavy atom. The summed E-state index contributed by atoms with van der Waals surface area (Å²) >= 11 is 4.84. The standard InChI is InChI=1S/C4H2BrS.HI.Mg/c5-4-2-1-3-6-4;;/h1-2H;1H;/q-1;;+2/p-1. The largest absolute Gasteiger partial charge is 2.00 e. The molecule has 0 amide bonds. The van der Waals surface area contributed by atoms with Crippen LogP contribution in [0.1, 0.15) is 0 Å². The minimum Gasteiger partial charge on any atom is -1.00 e. The third-order valence-corrected chi connectivity index (χ3v) is 1.77. The van der Waals surface area contributed by atoms with Gasteiger partial charge in [0.05, 0.1) is 0 Å². The number of halogens is 2. The predicted molar refractivity (Wildman–Crippen MR) is 36.6 cm³/mol.